The van der Waals surface area contributed by atoms with Gasteiger partial charge >= 0.3 is 0 Å². The highest BCUT2D eigenvalue weighted by Gasteiger charge is 2.22. The van der Waals surface area contributed by atoms with Crippen molar-refractivity contribution < 1.29 is 9.53 Å². The largest absolute Gasteiger partial charge is 0.483 e. The van der Waals surface area contributed by atoms with Crippen molar-refractivity contribution in [1.82, 2.24) is 9.88 Å². The average Bonchev–Trinajstić information content (AvgIpc) is 2.62. The number of hydrogen-bond acceptors (Lipinski definition) is 4. The Morgan fingerprint density at radius 3 is 2.67 bits per heavy atom. The summed E-state index contributed by atoms with van der Waals surface area (Å²) in [7, 11) is 0. The molecule has 1 aromatic heterocycles. The van der Waals surface area contributed by atoms with Crippen molar-refractivity contribution in [3.63, 3.8) is 0 Å². The minimum atomic E-state index is 0.0168. The first kappa shape index (κ1) is 16.8. The van der Waals surface area contributed by atoms with E-state index in [1.807, 2.05) is 48.2 Å². The number of carbonyl (C=O) groups is 1. The van der Waals surface area contributed by atoms with Gasteiger partial charge in [0, 0.05) is 32.4 Å². The first-order chi connectivity index (χ1) is 11.6. The summed E-state index contributed by atoms with van der Waals surface area (Å²) in [5, 5.41) is 0. The van der Waals surface area contributed by atoms with Crippen LogP contribution in [0.25, 0.3) is 0 Å². The Hall–Kier alpha value is -2.08. The third-order valence-corrected chi connectivity index (χ3v) is 4.66. The third kappa shape index (κ3) is 4.06. The molecule has 6 heteroatoms. The highest BCUT2D eigenvalue weighted by atomic mass is 79.9. The van der Waals surface area contributed by atoms with E-state index in [2.05, 4.69) is 25.8 Å². The minimum absolute atomic E-state index is 0.0168. The molecule has 1 fully saturated rings. The van der Waals surface area contributed by atoms with E-state index in [-0.39, 0.29) is 12.5 Å². The maximum atomic E-state index is 12.3. The molecular weight excluding hydrogens is 370 g/mol. The average molecular weight is 390 g/mol. The monoisotopic (exact) mass is 389 g/mol. The van der Waals surface area contributed by atoms with Gasteiger partial charge in [0.15, 0.2) is 6.61 Å². The fourth-order valence-electron chi connectivity index (χ4n) is 2.68. The van der Waals surface area contributed by atoms with Gasteiger partial charge in [-0.2, -0.15) is 0 Å². The van der Waals surface area contributed by atoms with E-state index in [4.69, 9.17) is 4.74 Å². The lowest BCUT2D eigenvalue weighted by atomic mass is 10.2. The normalized spacial score (nSPS) is 14.6. The zero-order valence-corrected chi connectivity index (χ0v) is 15.2. The molecule has 0 bridgehead atoms. The third-order valence-electron chi connectivity index (χ3n) is 4.04. The molecule has 0 radical (unpaired) electrons. The van der Waals surface area contributed by atoms with E-state index in [1.165, 1.54) is 0 Å². The number of rotatable bonds is 4. The summed E-state index contributed by atoms with van der Waals surface area (Å²) >= 11 is 3.46. The lowest BCUT2D eigenvalue weighted by Gasteiger charge is -2.35. The van der Waals surface area contributed by atoms with Crippen molar-refractivity contribution in [2.75, 3.05) is 37.7 Å². The van der Waals surface area contributed by atoms with Gasteiger partial charge in [0.05, 0.1) is 4.47 Å². The quantitative estimate of drug-likeness (QED) is 0.806. The fraction of sp³-hybridized carbons (Fsp3) is 0.333. The Morgan fingerprint density at radius 2 is 2.00 bits per heavy atom. The second-order valence-corrected chi connectivity index (χ2v) is 6.63. The number of aryl methyl sites for hydroxylation is 1. The van der Waals surface area contributed by atoms with Crippen LogP contribution in [0.4, 0.5) is 5.82 Å². The lowest BCUT2D eigenvalue weighted by Crippen LogP contribution is -2.50. The molecule has 1 aromatic carbocycles. The van der Waals surface area contributed by atoms with Crippen molar-refractivity contribution in [1.29, 1.82) is 0 Å². The van der Waals surface area contributed by atoms with Crippen LogP contribution in [-0.4, -0.2) is 48.6 Å². The summed E-state index contributed by atoms with van der Waals surface area (Å²) in [5.41, 5.74) is 1.14. The molecule has 24 heavy (non-hydrogen) atoms. The van der Waals surface area contributed by atoms with E-state index in [1.54, 1.807) is 6.20 Å². The van der Waals surface area contributed by atoms with Crippen LogP contribution in [0, 0.1) is 6.92 Å². The summed E-state index contributed by atoms with van der Waals surface area (Å²) in [6.07, 6.45) is 1.79. The first-order valence-electron chi connectivity index (χ1n) is 7.96. The second kappa shape index (κ2) is 7.66. The van der Waals surface area contributed by atoms with Gasteiger partial charge < -0.3 is 14.5 Å². The van der Waals surface area contributed by atoms with E-state index in [0.717, 1.165) is 28.9 Å². The molecule has 0 unspecified atom stereocenters. The summed E-state index contributed by atoms with van der Waals surface area (Å²) < 4.78 is 6.52. The van der Waals surface area contributed by atoms with Crippen LogP contribution in [0.2, 0.25) is 0 Å². The van der Waals surface area contributed by atoms with Gasteiger partial charge in [0.1, 0.15) is 11.6 Å². The molecule has 0 aliphatic carbocycles. The molecule has 2 aromatic rings. The maximum absolute atomic E-state index is 12.3. The van der Waals surface area contributed by atoms with Crippen LogP contribution >= 0.6 is 15.9 Å². The maximum Gasteiger partial charge on any atom is 0.260 e. The van der Waals surface area contributed by atoms with Crippen molar-refractivity contribution in [2.45, 2.75) is 6.92 Å². The molecule has 5 nitrogen and oxygen atoms in total. The van der Waals surface area contributed by atoms with Gasteiger partial charge in [-0.25, -0.2) is 4.98 Å². The van der Waals surface area contributed by atoms with Gasteiger partial charge in [0.25, 0.3) is 5.91 Å². The first-order valence-corrected chi connectivity index (χ1v) is 8.75. The van der Waals surface area contributed by atoms with Gasteiger partial charge in [0.2, 0.25) is 0 Å². The van der Waals surface area contributed by atoms with Crippen LogP contribution in [0.1, 0.15) is 5.56 Å². The summed E-state index contributed by atoms with van der Waals surface area (Å²) in [6.45, 7) is 5.03. The topological polar surface area (TPSA) is 45.7 Å². The Bertz CT molecular complexity index is 701. The summed E-state index contributed by atoms with van der Waals surface area (Å²) in [6, 6.07) is 11.7. The zero-order chi connectivity index (χ0) is 16.9. The van der Waals surface area contributed by atoms with Gasteiger partial charge in [-0.1, -0.05) is 12.1 Å². The number of aromatic nitrogens is 1. The summed E-state index contributed by atoms with van der Waals surface area (Å²) in [4.78, 5) is 20.7. The zero-order valence-electron chi connectivity index (χ0n) is 13.6. The van der Waals surface area contributed by atoms with Crippen LogP contribution in [-0.2, 0) is 4.79 Å². The Morgan fingerprint density at radius 1 is 1.21 bits per heavy atom. The minimum Gasteiger partial charge on any atom is -0.483 e. The molecule has 2 heterocycles. The number of nitrogens with zero attached hydrogens (tertiary/aromatic N) is 3. The van der Waals surface area contributed by atoms with Crippen molar-refractivity contribution in [3.05, 3.63) is 52.6 Å². The van der Waals surface area contributed by atoms with Gasteiger partial charge in [-0.05, 0) is 52.7 Å². The van der Waals surface area contributed by atoms with Crippen LogP contribution in [0.15, 0.2) is 47.1 Å². The molecule has 1 amide bonds. The molecule has 1 aliphatic rings. The van der Waals surface area contributed by atoms with E-state index >= 15 is 0 Å². The number of piperazine rings is 1. The number of carbonyl (C=O) groups excluding carboxylic acids is 1. The van der Waals surface area contributed by atoms with E-state index in [0.29, 0.717) is 18.8 Å². The number of pyridine rings is 1. The van der Waals surface area contributed by atoms with Gasteiger partial charge in [-0.3, -0.25) is 4.79 Å². The summed E-state index contributed by atoms with van der Waals surface area (Å²) in [5.74, 6) is 1.67. The SMILES string of the molecule is Cc1ccc(OCC(=O)N2CCN(c3ccccn3)CC2)c(Br)c1. The molecule has 3 rings (SSSR count). The predicted molar refractivity (Wildman–Crippen MR) is 97.4 cm³/mol. The molecule has 126 valence electrons. The predicted octanol–water partition coefficient (Wildman–Crippen LogP) is 2.88. The number of anilines is 1. The molecule has 1 aliphatic heterocycles. The number of benzene rings is 1. The van der Waals surface area contributed by atoms with Crippen LogP contribution in [0.3, 0.4) is 0 Å². The smallest absolute Gasteiger partial charge is 0.260 e. The standard InChI is InChI=1S/C18H20BrN3O2/c1-14-5-6-16(15(19)12-14)24-13-18(23)22-10-8-21(9-11-22)17-4-2-3-7-20-17/h2-7,12H,8-11,13H2,1H3. The number of hydrogen-bond donors (Lipinski definition) is 0. The fourth-order valence-corrected chi connectivity index (χ4v) is 3.29. The Kier molecular flexibility index (Phi) is 5.35. The number of halogens is 1. The van der Waals surface area contributed by atoms with Crippen molar-refractivity contribution in [2.24, 2.45) is 0 Å². The molecule has 0 spiro atoms. The highest BCUT2D eigenvalue weighted by molar-refractivity contribution is 9.10. The molecular formula is C18H20BrN3O2. The highest BCUT2D eigenvalue weighted by Crippen LogP contribution is 2.25. The number of ether oxygens (including phenoxy) is 1. The van der Waals surface area contributed by atoms with Crippen LogP contribution in [0.5, 0.6) is 5.75 Å². The van der Waals surface area contributed by atoms with E-state index in [9.17, 15) is 4.79 Å². The van der Waals surface area contributed by atoms with Crippen molar-refractivity contribution in [3.8, 4) is 5.75 Å². The number of amides is 1. The second-order valence-electron chi connectivity index (χ2n) is 5.78. The Labute approximate surface area is 150 Å². The Balaban J connectivity index is 1.50. The lowest BCUT2D eigenvalue weighted by molar-refractivity contribution is -0.133. The van der Waals surface area contributed by atoms with Gasteiger partial charge in [-0.15, -0.1) is 0 Å². The van der Waals surface area contributed by atoms with Crippen LogP contribution < -0.4 is 9.64 Å². The molecule has 1 saturated heterocycles. The van der Waals surface area contributed by atoms with E-state index < -0.39 is 0 Å². The molecule has 0 N–H and O–H groups in total. The molecule has 0 saturated carbocycles. The van der Waals surface area contributed by atoms with Crippen molar-refractivity contribution >= 4 is 27.7 Å². The molecule has 0 atom stereocenters.